The average molecular weight is 453 g/mol. The highest BCUT2D eigenvalue weighted by Crippen LogP contribution is 2.59. The summed E-state index contributed by atoms with van der Waals surface area (Å²) in [4.78, 5) is 19.8. The zero-order chi connectivity index (χ0) is 19.6. The fourth-order valence-corrected chi connectivity index (χ4v) is 5.89. The molecule has 1 saturated carbocycles. The van der Waals surface area contributed by atoms with Gasteiger partial charge in [-0.25, -0.2) is 4.98 Å². The molecule has 1 aromatic rings. The Morgan fingerprint density at radius 1 is 1.30 bits per heavy atom. The highest BCUT2D eigenvalue weighted by atomic mass is 79.9. The third-order valence-corrected chi connectivity index (χ3v) is 12.1. The quantitative estimate of drug-likeness (QED) is 0.642. The molecular weight excluding hydrogens is 424 g/mol. The van der Waals surface area contributed by atoms with Gasteiger partial charge >= 0.3 is 0 Å². The van der Waals surface area contributed by atoms with Crippen molar-refractivity contribution in [1.82, 2.24) is 4.98 Å². The Morgan fingerprint density at radius 3 is 2.63 bits per heavy atom. The maximum absolute atomic E-state index is 13.3. The molecule has 5 nitrogen and oxygen atoms in total. The van der Waals surface area contributed by atoms with E-state index in [4.69, 9.17) is 9.16 Å². The number of rotatable bonds is 4. The molecule has 4 unspecified atom stereocenters. The summed E-state index contributed by atoms with van der Waals surface area (Å²) >= 11 is 3.55. The Kier molecular flexibility index (Phi) is 4.81. The molecule has 1 aromatic heterocycles. The maximum atomic E-state index is 13.3. The van der Waals surface area contributed by atoms with Crippen molar-refractivity contribution in [2.75, 3.05) is 31.3 Å². The van der Waals surface area contributed by atoms with Crippen LogP contribution in [-0.2, 0) is 14.0 Å². The van der Waals surface area contributed by atoms with E-state index in [9.17, 15) is 4.79 Å². The van der Waals surface area contributed by atoms with Gasteiger partial charge in [0, 0.05) is 34.6 Å². The fourth-order valence-electron chi connectivity index (χ4n) is 4.50. The molecule has 0 radical (unpaired) electrons. The van der Waals surface area contributed by atoms with Crippen LogP contribution >= 0.6 is 15.9 Å². The molecule has 2 fully saturated rings. The Morgan fingerprint density at radius 2 is 1.96 bits per heavy atom. The molecule has 7 heteroatoms. The number of aromatic nitrogens is 1. The second kappa shape index (κ2) is 6.64. The van der Waals surface area contributed by atoms with Crippen molar-refractivity contribution >= 4 is 36.0 Å². The van der Waals surface area contributed by atoms with Crippen LogP contribution in [0, 0.1) is 17.8 Å². The topological polar surface area (TPSA) is 51.7 Å². The average Bonchev–Trinajstić information content (AvgIpc) is 2.94. The molecular formula is C20H29BrN2O3Si. The predicted octanol–water partition coefficient (Wildman–Crippen LogP) is 4.19. The van der Waals surface area contributed by atoms with E-state index in [2.05, 4.69) is 60.8 Å². The van der Waals surface area contributed by atoms with Gasteiger partial charge in [-0.15, -0.1) is 0 Å². The van der Waals surface area contributed by atoms with Gasteiger partial charge in [-0.3, -0.25) is 9.69 Å². The fraction of sp³-hybridized carbons (Fsp3) is 0.700. The molecule has 3 heterocycles. The SMILES string of the molecule is CC(C)(C)[Si](C)(C)OCCN1C(=O)C2C3COCC3C2c2cc(Br)cnc21. The normalized spacial score (nSPS) is 29.9. The van der Waals surface area contributed by atoms with Crippen LogP contribution in [-0.4, -0.2) is 45.6 Å². The van der Waals surface area contributed by atoms with Crippen molar-refractivity contribution in [1.29, 1.82) is 0 Å². The third kappa shape index (κ3) is 3.11. The monoisotopic (exact) mass is 452 g/mol. The summed E-state index contributed by atoms with van der Waals surface area (Å²) in [6, 6.07) is 2.14. The summed E-state index contributed by atoms with van der Waals surface area (Å²) in [5, 5.41) is 0.160. The summed E-state index contributed by atoms with van der Waals surface area (Å²) in [7, 11) is -1.84. The lowest BCUT2D eigenvalue weighted by Crippen LogP contribution is -2.57. The number of hydrogen-bond donors (Lipinski definition) is 0. The van der Waals surface area contributed by atoms with E-state index in [0.29, 0.717) is 31.6 Å². The second-order valence-electron chi connectivity index (χ2n) is 9.58. The van der Waals surface area contributed by atoms with Crippen LogP contribution < -0.4 is 4.90 Å². The molecule has 0 bridgehead atoms. The van der Waals surface area contributed by atoms with Gasteiger partial charge in [0.05, 0.1) is 25.7 Å². The standard InChI is InChI=1S/C20H29BrN2O3Si/c1-20(2,3)27(4,5)26-7-6-23-18-13(8-12(21)9-22-18)16-14-10-25-11-15(14)17(16)19(23)24/h8-9,14-17H,6-7,10-11H2,1-5H3. The first-order valence-electron chi connectivity index (χ1n) is 9.80. The van der Waals surface area contributed by atoms with Crippen LogP contribution in [0.3, 0.4) is 0 Å². The Labute approximate surface area is 171 Å². The van der Waals surface area contributed by atoms with E-state index in [0.717, 1.165) is 16.9 Å². The van der Waals surface area contributed by atoms with E-state index in [-0.39, 0.29) is 22.8 Å². The number of carbonyl (C=O) groups is 1. The van der Waals surface area contributed by atoms with Gasteiger partial charge in [-0.2, -0.15) is 0 Å². The summed E-state index contributed by atoms with van der Waals surface area (Å²) in [5.41, 5.74) is 1.19. The Hall–Kier alpha value is -0.763. The first-order chi connectivity index (χ1) is 12.6. The molecule has 1 saturated heterocycles. The number of anilines is 1. The summed E-state index contributed by atoms with van der Waals surface area (Å²) < 4.78 is 13.0. The number of ether oxygens (including phenoxy) is 1. The predicted molar refractivity (Wildman–Crippen MR) is 111 cm³/mol. The maximum Gasteiger partial charge on any atom is 0.232 e. The van der Waals surface area contributed by atoms with Gasteiger partial charge in [0.25, 0.3) is 0 Å². The van der Waals surface area contributed by atoms with Crippen LogP contribution in [0.15, 0.2) is 16.7 Å². The van der Waals surface area contributed by atoms with E-state index in [1.54, 1.807) is 6.20 Å². The lowest BCUT2D eigenvalue weighted by Gasteiger charge is -2.52. The van der Waals surface area contributed by atoms with Gasteiger partial charge in [-0.05, 0) is 46.0 Å². The van der Waals surface area contributed by atoms with Gasteiger partial charge in [0.1, 0.15) is 5.82 Å². The number of hydrogen-bond acceptors (Lipinski definition) is 4. The molecule has 4 atom stereocenters. The minimum atomic E-state index is -1.84. The lowest BCUT2D eigenvalue weighted by atomic mass is 9.54. The minimum absolute atomic E-state index is 0.0361. The zero-order valence-corrected chi connectivity index (χ0v) is 19.4. The largest absolute Gasteiger partial charge is 0.415 e. The first kappa shape index (κ1) is 19.5. The Bertz CT molecular complexity index is 764. The lowest BCUT2D eigenvalue weighted by molar-refractivity contribution is -0.132. The van der Waals surface area contributed by atoms with Crippen LogP contribution in [0.1, 0.15) is 32.3 Å². The molecule has 148 valence electrons. The number of pyridine rings is 1. The van der Waals surface area contributed by atoms with Crippen LogP contribution in [0.5, 0.6) is 0 Å². The Balaban J connectivity index is 1.57. The minimum Gasteiger partial charge on any atom is -0.415 e. The molecule has 0 spiro atoms. The van der Waals surface area contributed by atoms with Crippen molar-refractivity contribution in [3.05, 3.63) is 22.3 Å². The number of carbonyl (C=O) groups excluding carboxylic acids is 1. The molecule has 0 aromatic carbocycles. The molecule has 27 heavy (non-hydrogen) atoms. The van der Waals surface area contributed by atoms with Crippen LogP contribution in [0.4, 0.5) is 5.82 Å². The van der Waals surface area contributed by atoms with Gasteiger partial charge in [-0.1, -0.05) is 20.8 Å². The van der Waals surface area contributed by atoms with Crippen LogP contribution in [0.25, 0.3) is 0 Å². The van der Waals surface area contributed by atoms with Crippen molar-refractivity contribution in [2.24, 2.45) is 17.8 Å². The number of nitrogens with zero attached hydrogens (tertiary/aromatic N) is 2. The van der Waals surface area contributed by atoms with Crippen LogP contribution in [0.2, 0.25) is 18.1 Å². The van der Waals surface area contributed by atoms with E-state index in [1.165, 1.54) is 5.56 Å². The number of fused-ring (bicyclic) bond motifs is 6. The molecule has 3 aliphatic rings. The summed E-state index contributed by atoms with van der Waals surface area (Å²) in [6.45, 7) is 13.8. The number of amides is 1. The summed E-state index contributed by atoms with van der Waals surface area (Å²) in [6.07, 6.45) is 1.79. The first-order valence-corrected chi connectivity index (χ1v) is 13.5. The zero-order valence-electron chi connectivity index (χ0n) is 16.8. The van der Waals surface area contributed by atoms with Crippen molar-refractivity contribution < 1.29 is 14.0 Å². The van der Waals surface area contributed by atoms with Crippen molar-refractivity contribution in [3.8, 4) is 0 Å². The van der Waals surface area contributed by atoms with Gasteiger partial charge in [0.2, 0.25) is 5.91 Å². The number of halogens is 1. The molecule has 0 N–H and O–H groups in total. The molecule has 4 rings (SSSR count). The highest BCUT2D eigenvalue weighted by Gasteiger charge is 2.61. The second-order valence-corrected chi connectivity index (χ2v) is 15.3. The van der Waals surface area contributed by atoms with Crippen molar-refractivity contribution in [2.45, 2.75) is 44.8 Å². The van der Waals surface area contributed by atoms with E-state index < -0.39 is 8.32 Å². The molecule has 1 amide bonds. The molecule has 2 aliphatic heterocycles. The van der Waals surface area contributed by atoms with Gasteiger partial charge < -0.3 is 9.16 Å². The molecule has 1 aliphatic carbocycles. The van der Waals surface area contributed by atoms with Gasteiger partial charge in [0.15, 0.2) is 8.32 Å². The van der Waals surface area contributed by atoms with Crippen molar-refractivity contribution in [3.63, 3.8) is 0 Å². The van der Waals surface area contributed by atoms with E-state index in [1.807, 2.05) is 4.90 Å². The smallest absolute Gasteiger partial charge is 0.232 e. The third-order valence-electron chi connectivity index (χ3n) is 7.09. The van der Waals surface area contributed by atoms with E-state index >= 15 is 0 Å². The highest BCUT2D eigenvalue weighted by molar-refractivity contribution is 9.10. The summed E-state index contributed by atoms with van der Waals surface area (Å²) in [5.74, 6) is 2.12.